The van der Waals surface area contributed by atoms with Crippen LogP contribution in [0.2, 0.25) is 0 Å². The van der Waals surface area contributed by atoms with Crippen molar-refractivity contribution in [2.75, 3.05) is 20.7 Å². The van der Waals surface area contributed by atoms with E-state index >= 15 is 0 Å². The quantitative estimate of drug-likeness (QED) is 0.226. The van der Waals surface area contributed by atoms with E-state index < -0.39 is 17.2 Å². The van der Waals surface area contributed by atoms with Crippen LogP contribution in [0.1, 0.15) is 67.6 Å². The molecule has 0 spiro atoms. The Bertz CT molecular complexity index is 1230. The number of rotatable bonds is 14. The lowest BCUT2D eigenvalue weighted by atomic mass is 9.82. The maximum atomic E-state index is 14.2. The monoisotopic (exact) mass is 519 g/mol. The van der Waals surface area contributed by atoms with Gasteiger partial charge < -0.3 is 19.9 Å². The number of hydrogen-bond acceptors (Lipinski definition) is 4. The molecule has 0 fully saturated rings. The van der Waals surface area contributed by atoms with Crippen LogP contribution in [0, 0.1) is 6.92 Å². The first kappa shape index (κ1) is 29.1. The van der Waals surface area contributed by atoms with E-state index in [0.717, 1.165) is 41.4 Å². The number of amides is 2. The predicted octanol–water partition coefficient (Wildman–Crippen LogP) is 5.22. The summed E-state index contributed by atoms with van der Waals surface area (Å²) in [5, 5.41) is 3.93. The zero-order valence-corrected chi connectivity index (χ0v) is 23.3. The number of benzene rings is 2. The Morgan fingerprint density at radius 2 is 1.74 bits per heavy atom. The minimum absolute atomic E-state index is 0.0487. The molecule has 2 atom stereocenters. The zero-order chi connectivity index (χ0) is 27.7. The van der Waals surface area contributed by atoms with Crippen LogP contribution in [0.3, 0.4) is 0 Å². The number of nitrogens with one attached hydrogen (secondary N) is 2. The highest BCUT2D eigenvalue weighted by Crippen LogP contribution is 2.27. The zero-order valence-electron chi connectivity index (χ0n) is 23.3. The predicted molar refractivity (Wildman–Crippen MR) is 151 cm³/mol. The second-order valence-corrected chi connectivity index (χ2v) is 9.98. The van der Waals surface area contributed by atoms with Crippen LogP contribution in [0.25, 0.3) is 10.9 Å². The number of carbonyl (C=O) groups excluding carboxylic acids is 3. The Hall–Kier alpha value is -3.45. The van der Waals surface area contributed by atoms with Crippen molar-refractivity contribution < 1.29 is 19.1 Å². The maximum Gasteiger partial charge on any atom is 0.256 e. The van der Waals surface area contributed by atoms with Crippen molar-refractivity contribution in [3.63, 3.8) is 0 Å². The summed E-state index contributed by atoms with van der Waals surface area (Å²) in [6.07, 6.45) is 2.94. The lowest BCUT2D eigenvalue weighted by Crippen LogP contribution is -2.64. The molecule has 38 heavy (non-hydrogen) atoms. The molecule has 0 radical (unpaired) electrons. The second kappa shape index (κ2) is 13.4. The summed E-state index contributed by atoms with van der Waals surface area (Å²) in [7, 11) is 3.33. The van der Waals surface area contributed by atoms with Crippen molar-refractivity contribution >= 4 is 28.5 Å². The molecule has 0 aliphatic heterocycles. The summed E-state index contributed by atoms with van der Waals surface area (Å²) in [4.78, 5) is 46.9. The molecule has 0 aliphatic rings. The molecule has 2 amide bonds. The number of hydrogen-bond donors (Lipinski definition) is 2. The number of ether oxygens (including phenoxy) is 1. The summed E-state index contributed by atoms with van der Waals surface area (Å²) in [5.74, 6) is -1.17. The van der Waals surface area contributed by atoms with E-state index in [1.165, 1.54) is 0 Å². The molecule has 0 bridgehead atoms. The fourth-order valence-corrected chi connectivity index (χ4v) is 5.02. The number of unbranched alkanes of at least 4 members (excludes halogenated alkanes) is 1. The molecule has 2 aromatic carbocycles. The minimum Gasteiger partial charge on any atom is -0.381 e. The van der Waals surface area contributed by atoms with Gasteiger partial charge in [0.15, 0.2) is 11.3 Å². The van der Waals surface area contributed by atoms with Gasteiger partial charge in [-0.15, -0.1) is 0 Å². The molecule has 2 unspecified atom stereocenters. The number of likely N-dealkylation sites (N-methyl/N-ethyl adjacent to an activating group) is 1. The van der Waals surface area contributed by atoms with Crippen molar-refractivity contribution in [2.24, 2.45) is 0 Å². The van der Waals surface area contributed by atoms with E-state index in [1.54, 1.807) is 43.3 Å². The van der Waals surface area contributed by atoms with E-state index in [1.807, 2.05) is 44.2 Å². The van der Waals surface area contributed by atoms with E-state index in [0.29, 0.717) is 18.5 Å². The number of nitrogens with zero attached hydrogens (tertiary/aromatic N) is 1. The average Bonchev–Trinajstić information content (AvgIpc) is 3.25. The first-order valence-electron chi connectivity index (χ1n) is 13.5. The third-order valence-electron chi connectivity index (χ3n) is 7.33. The Kier molecular flexibility index (Phi) is 10.2. The number of H-pyrrole nitrogens is 1. The summed E-state index contributed by atoms with van der Waals surface area (Å²) in [6.45, 7) is 6.48. The molecule has 3 rings (SSSR count). The maximum absolute atomic E-state index is 14.2. The van der Waals surface area contributed by atoms with Crippen molar-refractivity contribution in [3.8, 4) is 0 Å². The van der Waals surface area contributed by atoms with Crippen molar-refractivity contribution in [1.29, 1.82) is 0 Å². The van der Waals surface area contributed by atoms with Crippen LogP contribution >= 0.6 is 0 Å². The summed E-state index contributed by atoms with van der Waals surface area (Å²) < 4.78 is 5.59. The standard InChI is InChI=1S/C31H41N3O4/c1-6-8-20-34(4)30(37)31(19-18-24(7-2)38-5,29(36)23-14-10-9-11-15-23)33-28(35)21-26-22(3)32-27-17-13-12-16-25(26)27/h9-17,24,32H,6-8,18-21H2,1-5H3,(H,33,35). The van der Waals surface area contributed by atoms with Crippen LogP contribution in [-0.2, 0) is 20.7 Å². The molecule has 1 heterocycles. The highest BCUT2D eigenvalue weighted by atomic mass is 16.5. The van der Waals surface area contributed by atoms with Gasteiger partial charge in [-0.05, 0) is 44.2 Å². The van der Waals surface area contributed by atoms with Gasteiger partial charge in [0.05, 0.1) is 12.5 Å². The second-order valence-electron chi connectivity index (χ2n) is 9.98. The number of methoxy groups -OCH3 is 1. The largest absolute Gasteiger partial charge is 0.381 e. The van der Waals surface area contributed by atoms with Crippen LogP contribution in [0.4, 0.5) is 0 Å². The third-order valence-corrected chi connectivity index (χ3v) is 7.33. The Morgan fingerprint density at radius 1 is 1.05 bits per heavy atom. The lowest BCUT2D eigenvalue weighted by molar-refractivity contribution is -0.139. The average molecular weight is 520 g/mol. The van der Waals surface area contributed by atoms with Gasteiger partial charge in [0.2, 0.25) is 5.91 Å². The van der Waals surface area contributed by atoms with E-state index in [-0.39, 0.29) is 24.9 Å². The molecule has 7 heteroatoms. The molecule has 7 nitrogen and oxygen atoms in total. The number of ketones is 1. The first-order valence-corrected chi connectivity index (χ1v) is 13.5. The first-order chi connectivity index (χ1) is 18.3. The summed E-state index contributed by atoms with van der Waals surface area (Å²) in [5.41, 5.74) is 1.33. The molecule has 0 aliphatic carbocycles. The molecule has 204 valence electrons. The molecule has 1 aromatic heterocycles. The number of Topliss-reactive ketones (excluding diaryl/α,β-unsaturated/α-hetero) is 1. The van der Waals surface area contributed by atoms with Crippen molar-refractivity contribution in [2.45, 2.75) is 70.9 Å². The van der Waals surface area contributed by atoms with E-state index in [9.17, 15) is 14.4 Å². The highest BCUT2D eigenvalue weighted by molar-refractivity contribution is 6.19. The van der Waals surface area contributed by atoms with E-state index in [4.69, 9.17) is 4.74 Å². The van der Waals surface area contributed by atoms with Crippen LogP contribution in [0.15, 0.2) is 54.6 Å². The lowest BCUT2D eigenvalue weighted by Gasteiger charge is -2.36. The summed E-state index contributed by atoms with van der Waals surface area (Å²) in [6, 6.07) is 16.6. The van der Waals surface area contributed by atoms with Gasteiger partial charge in [-0.25, -0.2) is 0 Å². The van der Waals surface area contributed by atoms with E-state index in [2.05, 4.69) is 17.2 Å². The van der Waals surface area contributed by atoms with Gasteiger partial charge in [-0.1, -0.05) is 68.8 Å². The molecular formula is C31H41N3O4. The number of fused-ring (bicyclic) bond motifs is 1. The molecule has 0 saturated carbocycles. The Morgan fingerprint density at radius 3 is 2.39 bits per heavy atom. The van der Waals surface area contributed by atoms with Gasteiger partial charge in [-0.3, -0.25) is 14.4 Å². The number of aromatic nitrogens is 1. The Labute approximate surface area is 225 Å². The van der Waals surface area contributed by atoms with Gasteiger partial charge >= 0.3 is 0 Å². The van der Waals surface area contributed by atoms with Gasteiger partial charge in [0.25, 0.3) is 5.91 Å². The third kappa shape index (κ3) is 6.51. The van der Waals surface area contributed by atoms with Gasteiger partial charge in [0, 0.05) is 42.9 Å². The molecular weight excluding hydrogens is 478 g/mol. The summed E-state index contributed by atoms with van der Waals surface area (Å²) >= 11 is 0. The number of carbonyl (C=O) groups is 3. The van der Waals surface area contributed by atoms with Crippen molar-refractivity contribution in [3.05, 3.63) is 71.4 Å². The number of aryl methyl sites for hydroxylation is 1. The fraction of sp³-hybridized carbons (Fsp3) is 0.452. The SMILES string of the molecule is CCCCN(C)C(=O)C(CCC(CC)OC)(NC(=O)Cc1c(C)[nH]c2ccccc12)C(=O)c1ccccc1. The van der Waals surface area contributed by atoms with Crippen LogP contribution in [-0.4, -0.2) is 59.8 Å². The Balaban J connectivity index is 2.04. The number of para-hydroxylation sites is 1. The van der Waals surface area contributed by atoms with Gasteiger partial charge in [-0.2, -0.15) is 0 Å². The highest BCUT2D eigenvalue weighted by Gasteiger charge is 2.48. The normalized spacial score (nSPS) is 13.6. The molecule has 3 aromatic rings. The molecule has 2 N–H and O–H groups in total. The smallest absolute Gasteiger partial charge is 0.256 e. The minimum atomic E-state index is -1.74. The van der Waals surface area contributed by atoms with Crippen LogP contribution < -0.4 is 5.32 Å². The van der Waals surface area contributed by atoms with Gasteiger partial charge in [0.1, 0.15) is 0 Å². The van der Waals surface area contributed by atoms with Crippen molar-refractivity contribution in [1.82, 2.24) is 15.2 Å². The topological polar surface area (TPSA) is 91.5 Å². The number of aromatic amines is 1. The molecule has 0 saturated heterocycles. The van der Waals surface area contributed by atoms with Crippen LogP contribution in [0.5, 0.6) is 0 Å². The fourth-order valence-electron chi connectivity index (χ4n) is 5.02.